The van der Waals surface area contributed by atoms with Gasteiger partial charge >= 0.3 is 5.97 Å². The number of methoxy groups -OCH3 is 2. The monoisotopic (exact) mass is 353 g/mol. The maximum Gasteiger partial charge on any atom is 0.305 e. The number of hydrogen-bond acceptors (Lipinski definition) is 5. The lowest BCUT2D eigenvalue weighted by atomic mass is 10.1. The zero-order valence-corrected chi connectivity index (χ0v) is 14.9. The van der Waals surface area contributed by atoms with Gasteiger partial charge in [0, 0.05) is 24.6 Å². The molecule has 3 atom stereocenters. The maximum atomic E-state index is 12.8. The summed E-state index contributed by atoms with van der Waals surface area (Å²) >= 11 is 1.45. The third-order valence-corrected chi connectivity index (χ3v) is 5.22. The van der Waals surface area contributed by atoms with Crippen LogP contribution in [0.1, 0.15) is 19.8 Å². The molecule has 3 unspecified atom stereocenters. The van der Waals surface area contributed by atoms with Crippen molar-refractivity contribution >= 4 is 23.6 Å². The van der Waals surface area contributed by atoms with Crippen LogP contribution < -0.4 is 4.74 Å². The summed E-state index contributed by atoms with van der Waals surface area (Å²) < 4.78 is 10.4. The van der Waals surface area contributed by atoms with Gasteiger partial charge in [0.1, 0.15) is 5.75 Å². The minimum Gasteiger partial charge on any atom is -0.497 e. The molecule has 0 aromatic heterocycles. The van der Waals surface area contributed by atoms with Crippen LogP contribution in [-0.4, -0.2) is 60.0 Å². The van der Waals surface area contributed by atoms with Crippen LogP contribution in [0.4, 0.5) is 0 Å². The molecule has 24 heavy (non-hydrogen) atoms. The summed E-state index contributed by atoms with van der Waals surface area (Å²) in [6.07, 6.45) is 0.413. The van der Waals surface area contributed by atoms with Crippen LogP contribution >= 0.6 is 11.8 Å². The standard InChI is InChI=1S/C17H23NO5S/c1-11(24-15-6-4-13(22-2)5-7-15)17(21)18-10-14(23-3)8-12(18)9-16(19)20/h4-7,11-12,14H,8-10H2,1-3H3,(H,19,20). The number of carboxylic acids is 1. The van der Waals surface area contributed by atoms with Gasteiger partial charge in [-0.05, 0) is 37.6 Å². The second kappa shape index (κ2) is 8.39. The minimum atomic E-state index is -0.898. The number of thioether (sulfide) groups is 1. The molecule has 6 nitrogen and oxygen atoms in total. The smallest absolute Gasteiger partial charge is 0.305 e. The lowest BCUT2D eigenvalue weighted by molar-refractivity contribution is -0.139. The molecule has 1 fully saturated rings. The summed E-state index contributed by atoms with van der Waals surface area (Å²) in [7, 11) is 3.20. The highest BCUT2D eigenvalue weighted by molar-refractivity contribution is 8.00. The molecule has 0 bridgehead atoms. The molecule has 0 spiro atoms. The van der Waals surface area contributed by atoms with E-state index in [1.165, 1.54) is 11.8 Å². The fourth-order valence-electron chi connectivity index (χ4n) is 2.85. The molecule has 1 N–H and O–H groups in total. The van der Waals surface area contributed by atoms with E-state index in [4.69, 9.17) is 14.6 Å². The van der Waals surface area contributed by atoms with Crippen molar-refractivity contribution in [2.45, 2.75) is 42.1 Å². The Bertz CT molecular complexity index is 577. The lowest BCUT2D eigenvalue weighted by Gasteiger charge is -2.26. The van der Waals surface area contributed by atoms with Crippen molar-refractivity contribution in [2.75, 3.05) is 20.8 Å². The van der Waals surface area contributed by atoms with Gasteiger partial charge in [-0.25, -0.2) is 0 Å². The van der Waals surface area contributed by atoms with Crippen molar-refractivity contribution in [3.8, 4) is 5.75 Å². The van der Waals surface area contributed by atoms with E-state index in [1.807, 2.05) is 31.2 Å². The molecular formula is C17H23NO5S. The Morgan fingerprint density at radius 1 is 1.33 bits per heavy atom. The molecule has 0 radical (unpaired) electrons. The molecule has 0 aliphatic carbocycles. The van der Waals surface area contributed by atoms with Crippen molar-refractivity contribution in [1.82, 2.24) is 4.90 Å². The van der Waals surface area contributed by atoms with Crippen LogP contribution in [0.25, 0.3) is 0 Å². The fourth-order valence-corrected chi connectivity index (χ4v) is 3.79. The molecular weight excluding hydrogens is 330 g/mol. The van der Waals surface area contributed by atoms with Crippen LogP contribution in [0.3, 0.4) is 0 Å². The number of rotatable bonds is 7. The van der Waals surface area contributed by atoms with Crippen LogP contribution in [0, 0.1) is 0 Å². The molecule has 1 aliphatic heterocycles. The van der Waals surface area contributed by atoms with Gasteiger partial charge in [-0.15, -0.1) is 11.8 Å². The molecule has 1 saturated heterocycles. The fraction of sp³-hybridized carbons (Fsp3) is 0.529. The normalized spacial score (nSPS) is 21.5. The van der Waals surface area contributed by atoms with Crippen molar-refractivity contribution in [3.05, 3.63) is 24.3 Å². The van der Waals surface area contributed by atoms with Gasteiger partial charge < -0.3 is 19.5 Å². The third kappa shape index (κ3) is 4.64. The first-order chi connectivity index (χ1) is 11.4. The molecule has 132 valence electrons. The van der Waals surface area contributed by atoms with Crippen LogP contribution in [0.2, 0.25) is 0 Å². The number of carboxylic acid groups (broad SMARTS) is 1. The molecule has 1 amide bonds. The van der Waals surface area contributed by atoms with Crippen LogP contribution in [-0.2, 0) is 14.3 Å². The number of amides is 1. The maximum absolute atomic E-state index is 12.8. The Kier molecular flexibility index (Phi) is 6.51. The summed E-state index contributed by atoms with van der Waals surface area (Å²) in [5, 5.41) is 8.76. The van der Waals surface area contributed by atoms with Gasteiger partial charge in [-0.1, -0.05) is 0 Å². The first kappa shape index (κ1) is 18.6. The van der Waals surface area contributed by atoms with E-state index < -0.39 is 5.97 Å². The van der Waals surface area contributed by atoms with Crippen molar-refractivity contribution in [3.63, 3.8) is 0 Å². The zero-order chi connectivity index (χ0) is 17.7. The number of hydrogen-bond donors (Lipinski definition) is 1. The Morgan fingerprint density at radius 3 is 2.54 bits per heavy atom. The highest BCUT2D eigenvalue weighted by atomic mass is 32.2. The number of ether oxygens (including phenoxy) is 2. The van der Waals surface area contributed by atoms with E-state index in [0.717, 1.165) is 10.6 Å². The molecule has 1 heterocycles. The van der Waals surface area contributed by atoms with Gasteiger partial charge in [-0.3, -0.25) is 9.59 Å². The SMILES string of the molecule is COc1ccc(SC(C)C(=O)N2CC(OC)CC2CC(=O)O)cc1. The lowest BCUT2D eigenvalue weighted by Crippen LogP contribution is -2.41. The average Bonchev–Trinajstić information content (AvgIpc) is 2.97. The average molecular weight is 353 g/mol. The second-order valence-electron chi connectivity index (χ2n) is 5.77. The Labute approximate surface area is 146 Å². The minimum absolute atomic E-state index is 0.0501. The molecule has 1 aromatic carbocycles. The van der Waals surface area contributed by atoms with Crippen LogP contribution in [0.15, 0.2) is 29.2 Å². The number of carbonyl (C=O) groups is 2. The Balaban J connectivity index is 2.02. The van der Waals surface area contributed by atoms with Crippen molar-refractivity contribution in [1.29, 1.82) is 0 Å². The van der Waals surface area contributed by atoms with E-state index in [9.17, 15) is 9.59 Å². The van der Waals surface area contributed by atoms with Gasteiger partial charge in [0.15, 0.2) is 0 Å². The summed E-state index contributed by atoms with van der Waals surface area (Å²) in [5.74, 6) is -0.186. The highest BCUT2D eigenvalue weighted by Crippen LogP contribution is 2.30. The number of aliphatic carboxylic acids is 1. The first-order valence-corrected chi connectivity index (χ1v) is 8.68. The molecule has 2 rings (SSSR count). The quantitative estimate of drug-likeness (QED) is 0.758. The molecule has 7 heteroatoms. The predicted octanol–water partition coefficient (Wildman–Crippen LogP) is 2.27. The predicted molar refractivity (Wildman–Crippen MR) is 91.5 cm³/mol. The number of nitrogens with zero attached hydrogens (tertiary/aromatic N) is 1. The summed E-state index contributed by atoms with van der Waals surface area (Å²) in [6.45, 7) is 2.29. The topological polar surface area (TPSA) is 76.1 Å². The molecule has 0 saturated carbocycles. The van der Waals surface area contributed by atoms with Crippen molar-refractivity contribution in [2.24, 2.45) is 0 Å². The van der Waals surface area contributed by atoms with E-state index in [2.05, 4.69) is 0 Å². The first-order valence-electron chi connectivity index (χ1n) is 7.80. The highest BCUT2D eigenvalue weighted by Gasteiger charge is 2.38. The van der Waals surface area contributed by atoms with E-state index in [1.54, 1.807) is 19.1 Å². The Morgan fingerprint density at radius 2 is 2.00 bits per heavy atom. The Hall–Kier alpha value is -1.73. The summed E-state index contributed by atoms with van der Waals surface area (Å²) in [6, 6.07) is 7.21. The molecule has 1 aromatic rings. The summed E-state index contributed by atoms with van der Waals surface area (Å²) in [5.41, 5.74) is 0. The number of carbonyl (C=O) groups excluding carboxylic acids is 1. The van der Waals surface area contributed by atoms with Gasteiger partial charge in [-0.2, -0.15) is 0 Å². The van der Waals surface area contributed by atoms with Gasteiger partial charge in [0.05, 0.1) is 24.9 Å². The summed E-state index contributed by atoms with van der Waals surface area (Å²) in [4.78, 5) is 26.4. The van der Waals surface area contributed by atoms with Gasteiger partial charge in [0.25, 0.3) is 0 Å². The van der Waals surface area contributed by atoms with Crippen LogP contribution in [0.5, 0.6) is 5.75 Å². The van der Waals surface area contributed by atoms with E-state index >= 15 is 0 Å². The number of likely N-dealkylation sites (tertiary alicyclic amines) is 1. The molecule has 1 aliphatic rings. The second-order valence-corrected chi connectivity index (χ2v) is 7.19. The van der Waals surface area contributed by atoms with E-state index in [0.29, 0.717) is 13.0 Å². The van der Waals surface area contributed by atoms with Crippen molar-refractivity contribution < 1.29 is 24.2 Å². The largest absolute Gasteiger partial charge is 0.497 e. The van der Waals surface area contributed by atoms with Gasteiger partial charge in [0.2, 0.25) is 5.91 Å². The zero-order valence-electron chi connectivity index (χ0n) is 14.1. The van der Waals surface area contributed by atoms with E-state index in [-0.39, 0.29) is 29.7 Å². The third-order valence-electron chi connectivity index (χ3n) is 4.12. The number of benzene rings is 1.